The third-order valence-corrected chi connectivity index (χ3v) is 2.16. The Balaban J connectivity index is 2.60. The second-order valence-corrected chi connectivity index (χ2v) is 3.12. The highest BCUT2D eigenvalue weighted by Gasteiger charge is 2.24. The van der Waals surface area contributed by atoms with E-state index in [4.69, 9.17) is 22.1 Å². The minimum Gasteiger partial charge on any atom is -0.491 e. The minimum atomic E-state index is -0.396. The molecule has 0 aromatic heterocycles. The van der Waals surface area contributed by atoms with Gasteiger partial charge in [-0.2, -0.15) is 0 Å². The van der Waals surface area contributed by atoms with Gasteiger partial charge >= 0.3 is 0 Å². The molecular weight excluding hydrogens is 181 g/mol. The minimum absolute atomic E-state index is 0.229. The number of halogens is 2. The first-order valence-electron chi connectivity index (χ1n) is 3.56. The fourth-order valence-corrected chi connectivity index (χ4v) is 1.64. The Morgan fingerprint density at radius 3 is 3.08 bits per heavy atom. The molecule has 0 radical (unpaired) electrons. The smallest absolute Gasteiger partial charge is 0.128 e. The molecule has 0 amide bonds. The van der Waals surface area contributed by atoms with Crippen LogP contribution < -0.4 is 10.5 Å². The Bertz CT molecular complexity index is 329. The van der Waals surface area contributed by atoms with E-state index in [1.165, 1.54) is 12.1 Å². The summed E-state index contributed by atoms with van der Waals surface area (Å²) in [5, 5.41) is 0.343. The summed E-state index contributed by atoms with van der Waals surface area (Å²) >= 11 is 5.77. The van der Waals surface area contributed by atoms with Gasteiger partial charge in [-0.3, -0.25) is 0 Å². The predicted molar refractivity (Wildman–Crippen MR) is 43.8 cm³/mol. The van der Waals surface area contributed by atoms with Crippen LogP contribution in [-0.4, -0.2) is 6.61 Å². The van der Waals surface area contributed by atoms with Gasteiger partial charge in [0.2, 0.25) is 0 Å². The van der Waals surface area contributed by atoms with E-state index in [9.17, 15) is 4.39 Å². The number of ether oxygens (including phenoxy) is 1. The van der Waals surface area contributed by atoms with E-state index >= 15 is 0 Å². The van der Waals surface area contributed by atoms with Gasteiger partial charge < -0.3 is 10.5 Å². The third kappa shape index (κ3) is 1.06. The largest absolute Gasteiger partial charge is 0.491 e. The summed E-state index contributed by atoms with van der Waals surface area (Å²) in [6.45, 7) is 0.374. The molecule has 0 unspecified atom stereocenters. The number of rotatable bonds is 0. The fourth-order valence-electron chi connectivity index (χ4n) is 1.30. The van der Waals surface area contributed by atoms with Gasteiger partial charge in [-0.05, 0) is 6.07 Å². The second-order valence-electron chi connectivity index (χ2n) is 2.72. The molecule has 0 bridgehead atoms. The van der Waals surface area contributed by atoms with Crippen LogP contribution in [0.4, 0.5) is 4.39 Å². The molecule has 4 heteroatoms. The summed E-state index contributed by atoms with van der Waals surface area (Å²) in [5.74, 6) is 0.0698. The average Bonchev–Trinajstić information content (AvgIpc) is 2.31. The molecule has 0 fully saturated rings. The molecule has 2 nitrogen and oxygen atoms in total. The number of fused-ring (bicyclic) bond motifs is 1. The van der Waals surface area contributed by atoms with Crippen molar-refractivity contribution in [3.05, 3.63) is 28.5 Å². The quantitative estimate of drug-likeness (QED) is 0.673. The highest BCUT2D eigenvalue weighted by atomic mass is 35.5. The average molecular weight is 188 g/mol. The normalized spacial score (nSPS) is 20.4. The van der Waals surface area contributed by atoms with E-state index in [2.05, 4.69) is 0 Å². The van der Waals surface area contributed by atoms with Crippen molar-refractivity contribution < 1.29 is 9.13 Å². The van der Waals surface area contributed by atoms with E-state index in [-0.39, 0.29) is 6.04 Å². The van der Waals surface area contributed by atoms with E-state index < -0.39 is 5.82 Å². The van der Waals surface area contributed by atoms with Crippen molar-refractivity contribution in [3.8, 4) is 5.75 Å². The fraction of sp³-hybridized carbons (Fsp3) is 0.250. The molecule has 2 N–H and O–H groups in total. The van der Waals surface area contributed by atoms with Gasteiger partial charge in [0, 0.05) is 11.6 Å². The number of benzene rings is 1. The number of hydrogen-bond donors (Lipinski definition) is 1. The molecule has 64 valence electrons. The molecule has 0 aliphatic carbocycles. The van der Waals surface area contributed by atoms with E-state index in [0.29, 0.717) is 22.9 Å². The summed E-state index contributed by atoms with van der Waals surface area (Å²) in [7, 11) is 0. The Labute approximate surface area is 74.1 Å². The maximum Gasteiger partial charge on any atom is 0.128 e. The lowest BCUT2D eigenvalue weighted by molar-refractivity contribution is 0.332. The van der Waals surface area contributed by atoms with E-state index in [0.717, 1.165) is 0 Å². The van der Waals surface area contributed by atoms with Crippen LogP contribution in [0.5, 0.6) is 5.75 Å². The molecule has 1 aromatic rings. The third-order valence-electron chi connectivity index (χ3n) is 1.85. The summed E-state index contributed by atoms with van der Waals surface area (Å²) in [5.41, 5.74) is 6.37. The van der Waals surface area contributed by atoms with Gasteiger partial charge in [-0.1, -0.05) is 11.6 Å². The van der Waals surface area contributed by atoms with Gasteiger partial charge in [0.05, 0.1) is 11.1 Å². The molecule has 1 aromatic carbocycles. The highest BCUT2D eigenvalue weighted by molar-refractivity contribution is 6.31. The van der Waals surface area contributed by atoms with Crippen LogP contribution in [0.1, 0.15) is 11.6 Å². The molecule has 1 aliphatic heterocycles. The molecule has 2 rings (SSSR count). The molecular formula is C8H7ClFNO. The molecule has 1 heterocycles. The lowest BCUT2D eigenvalue weighted by Crippen LogP contribution is -2.11. The van der Waals surface area contributed by atoms with Crippen molar-refractivity contribution in [3.63, 3.8) is 0 Å². The zero-order valence-electron chi connectivity index (χ0n) is 6.18. The van der Waals surface area contributed by atoms with Crippen LogP contribution in [0, 0.1) is 5.82 Å². The molecule has 0 saturated heterocycles. The first-order chi connectivity index (χ1) is 5.68. The van der Waals surface area contributed by atoms with Crippen LogP contribution >= 0.6 is 11.6 Å². The van der Waals surface area contributed by atoms with Crippen molar-refractivity contribution in [2.24, 2.45) is 5.73 Å². The van der Waals surface area contributed by atoms with Gasteiger partial charge in [-0.25, -0.2) is 4.39 Å². The van der Waals surface area contributed by atoms with Crippen LogP contribution in [0.15, 0.2) is 12.1 Å². The predicted octanol–water partition coefficient (Wildman–Crippen LogP) is 1.87. The topological polar surface area (TPSA) is 35.2 Å². The van der Waals surface area contributed by atoms with Crippen LogP contribution in [0.3, 0.4) is 0 Å². The van der Waals surface area contributed by atoms with Crippen molar-refractivity contribution in [2.45, 2.75) is 6.04 Å². The van der Waals surface area contributed by atoms with Crippen LogP contribution in [-0.2, 0) is 0 Å². The summed E-state index contributed by atoms with van der Waals surface area (Å²) in [6, 6.07) is 2.32. The maximum absolute atomic E-state index is 12.7. The van der Waals surface area contributed by atoms with Crippen LogP contribution in [0.2, 0.25) is 5.02 Å². The Kier molecular flexibility index (Phi) is 1.70. The molecule has 1 aliphatic rings. The first kappa shape index (κ1) is 7.83. The molecule has 1 atom stereocenters. The lowest BCUT2D eigenvalue weighted by Gasteiger charge is -2.02. The Morgan fingerprint density at radius 2 is 2.33 bits per heavy atom. The van der Waals surface area contributed by atoms with Crippen LogP contribution in [0.25, 0.3) is 0 Å². The standard InChI is InChI=1S/C8H7ClFNO/c9-5-1-4(10)2-7-8(5)6(11)3-12-7/h1-2,6H,3,11H2/t6-/m1/s1. The Morgan fingerprint density at radius 1 is 1.58 bits per heavy atom. The molecule has 12 heavy (non-hydrogen) atoms. The molecule has 0 saturated carbocycles. The maximum atomic E-state index is 12.7. The van der Waals surface area contributed by atoms with Crippen molar-refractivity contribution in [1.82, 2.24) is 0 Å². The number of nitrogens with two attached hydrogens (primary N) is 1. The van der Waals surface area contributed by atoms with Gasteiger partial charge in [-0.15, -0.1) is 0 Å². The van der Waals surface area contributed by atoms with Gasteiger partial charge in [0.1, 0.15) is 18.2 Å². The monoisotopic (exact) mass is 187 g/mol. The van der Waals surface area contributed by atoms with Crippen molar-refractivity contribution in [1.29, 1.82) is 0 Å². The first-order valence-corrected chi connectivity index (χ1v) is 3.93. The number of hydrogen-bond acceptors (Lipinski definition) is 2. The Hall–Kier alpha value is -0.800. The SMILES string of the molecule is N[C@@H]1COc2cc(F)cc(Cl)c21. The van der Waals surface area contributed by atoms with Crippen molar-refractivity contribution in [2.75, 3.05) is 6.61 Å². The summed E-state index contributed by atoms with van der Waals surface area (Å²) in [6.07, 6.45) is 0. The molecule has 0 spiro atoms. The summed E-state index contributed by atoms with van der Waals surface area (Å²) in [4.78, 5) is 0. The van der Waals surface area contributed by atoms with Gasteiger partial charge in [0.15, 0.2) is 0 Å². The second kappa shape index (κ2) is 2.61. The van der Waals surface area contributed by atoms with E-state index in [1.54, 1.807) is 0 Å². The summed E-state index contributed by atoms with van der Waals surface area (Å²) < 4.78 is 17.9. The zero-order chi connectivity index (χ0) is 8.72. The highest BCUT2D eigenvalue weighted by Crippen LogP contribution is 2.37. The zero-order valence-corrected chi connectivity index (χ0v) is 6.94. The lowest BCUT2D eigenvalue weighted by atomic mass is 10.1. The van der Waals surface area contributed by atoms with Crippen molar-refractivity contribution >= 4 is 11.6 Å². The van der Waals surface area contributed by atoms with E-state index in [1.807, 2.05) is 0 Å². The van der Waals surface area contributed by atoms with Gasteiger partial charge in [0.25, 0.3) is 0 Å².